The summed E-state index contributed by atoms with van der Waals surface area (Å²) in [6.45, 7) is 4.28. The smallest absolute Gasteiger partial charge is 0.506 e. The van der Waals surface area contributed by atoms with Crippen LogP contribution in [0.25, 0.3) is 10.9 Å². The molecule has 13 heteroatoms. The zero-order valence-electron chi connectivity index (χ0n) is 22.6. The standard InChI is InChI=1S/C26H33BFN3O8/c1-5-20(32)37-27(38-21(33)6-2)39-26(35)18-14-31(16-9-10-16)22-17(24(18)34)12-19(28)23(25(22)36-4)30-11-7-8-15(13-30)29-3/h12,14-16,29H,5-11,13H2,1-4H3/p+1. The fourth-order valence-electron chi connectivity index (χ4n) is 4.75. The Morgan fingerprint density at radius 3 is 2.38 bits per heavy atom. The molecule has 11 nitrogen and oxygen atoms in total. The molecular formula is C26H34BFN3O8+. The van der Waals surface area contributed by atoms with E-state index in [4.69, 9.17) is 18.7 Å². The van der Waals surface area contributed by atoms with Crippen LogP contribution in [0, 0.1) is 5.82 Å². The molecule has 4 rings (SSSR count). The van der Waals surface area contributed by atoms with Crippen LogP contribution in [0.2, 0.25) is 0 Å². The summed E-state index contributed by atoms with van der Waals surface area (Å²) >= 11 is 0. The van der Waals surface area contributed by atoms with Crippen molar-refractivity contribution in [2.45, 2.75) is 64.5 Å². The number of ether oxygens (including phenoxy) is 1. The molecule has 1 aromatic carbocycles. The summed E-state index contributed by atoms with van der Waals surface area (Å²) in [7, 11) is 1.39. The van der Waals surface area contributed by atoms with Crippen molar-refractivity contribution in [1.82, 2.24) is 5.32 Å². The fourth-order valence-corrected chi connectivity index (χ4v) is 4.75. The number of hydrogen-bond acceptors (Lipinski definition) is 10. The number of piperidine rings is 1. The van der Waals surface area contributed by atoms with E-state index in [0.29, 0.717) is 24.3 Å². The summed E-state index contributed by atoms with van der Waals surface area (Å²) in [6, 6.07) is 1.37. The van der Waals surface area contributed by atoms with E-state index in [9.17, 15) is 19.5 Å². The number of nitrogens with one attached hydrogen (secondary N) is 1. The van der Waals surface area contributed by atoms with E-state index in [1.165, 1.54) is 33.2 Å². The molecule has 1 aliphatic carbocycles. The van der Waals surface area contributed by atoms with Gasteiger partial charge in [0, 0.05) is 44.8 Å². The number of halogens is 1. The van der Waals surface area contributed by atoms with Gasteiger partial charge in [0.1, 0.15) is 11.4 Å². The van der Waals surface area contributed by atoms with E-state index in [1.807, 2.05) is 11.9 Å². The molecule has 39 heavy (non-hydrogen) atoms. The number of aromatic nitrogens is 1. The van der Waals surface area contributed by atoms with E-state index in [0.717, 1.165) is 25.7 Å². The van der Waals surface area contributed by atoms with Crippen LogP contribution in [-0.2, 0) is 23.6 Å². The minimum Gasteiger partial charge on any atom is -0.506 e. The van der Waals surface area contributed by atoms with E-state index >= 15 is 4.39 Å². The molecule has 1 saturated carbocycles. The molecule has 1 aromatic heterocycles. The van der Waals surface area contributed by atoms with Crippen molar-refractivity contribution < 1.29 is 47.1 Å². The number of rotatable bonds is 10. The van der Waals surface area contributed by atoms with Gasteiger partial charge in [-0.15, -0.1) is 0 Å². The van der Waals surface area contributed by atoms with Gasteiger partial charge < -0.3 is 34.0 Å². The largest absolute Gasteiger partial charge is 0.870 e. The highest BCUT2D eigenvalue weighted by molar-refractivity contribution is 6.44. The maximum Gasteiger partial charge on any atom is 0.870 e. The Kier molecular flexibility index (Phi) is 8.78. The predicted molar refractivity (Wildman–Crippen MR) is 139 cm³/mol. The average molecular weight is 546 g/mol. The van der Waals surface area contributed by atoms with Crippen LogP contribution >= 0.6 is 0 Å². The number of carbonyl (C=O) groups excluding carboxylic acids is 3. The van der Waals surface area contributed by atoms with E-state index in [1.54, 1.807) is 4.57 Å². The Morgan fingerprint density at radius 2 is 1.82 bits per heavy atom. The number of nitrogens with zero attached hydrogens (tertiary/aromatic N) is 2. The first-order valence-electron chi connectivity index (χ1n) is 13.2. The second-order valence-electron chi connectivity index (χ2n) is 9.62. The zero-order chi connectivity index (χ0) is 28.3. The molecule has 1 saturated heterocycles. The van der Waals surface area contributed by atoms with Gasteiger partial charge in [0.25, 0.3) is 17.5 Å². The van der Waals surface area contributed by atoms with Gasteiger partial charge in [-0.1, -0.05) is 13.8 Å². The topological polar surface area (TPSA) is 128 Å². The Balaban J connectivity index is 1.79. The molecule has 0 radical (unpaired) electrons. The highest BCUT2D eigenvalue weighted by atomic mass is 19.1. The zero-order valence-corrected chi connectivity index (χ0v) is 22.6. The number of aromatic hydroxyl groups is 1. The lowest BCUT2D eigenvalue weighted by atomic mass is 10.0. The van der Waals surface area contributed by atoms with Gasteiger partial charge in [-0.05, 0) is 26.0 Å². The molecule has 2 aromatic rings. The Bertz CT molecular complexity index is 1250. The highest BCUT2D eigenvalue weighted by Gasteiger charge is 2.42. The summed E-state index contributed by atoms with van der Waals surface area (Å²) in [6.07, 6.45) is 4.78. The maximum absolute atomic E-state index is 15.7. The molecule has 2 heterocycles. The van der Waals surface area contributed by atoms with Gasteiger partial charge in [0.05, 0.1) is 12.5 Å². The van der Waals surface area contributed by atoms with Crippen LogP contribution < -0.4 is 19.5 Å². The normalized spacial score (nSPS) is 17.1. The van der Waals surface area contributed by atoms with Crippen molar-refractivity contribution in [3.05, 3.63) is 23.6 Å². The van der Waals surface area contributed by atoms with Crippen LogP contribution in [0.5, 0.6) is 11.5 Å². The predicted octanol–water partition coefficient (Wildman–Crippen LogP) is 2.55. The first kappa shape index (κ1) is 28.4. The maximum atomic E-state index is 15.7. The lowest BCUT2D eigenvalue weighted by Crippen LogP contribution is -2.45. The molecule has 210 valence electrons. The molecule has 1 atom stereocenters. The minimum absolute atomic E-state index is 0.00934. The van der Waals surface area contributed by atoms with E-state index in [2.05, 4.69) is 5.32 Å². The Labute approximate surface area is 226 Å². The van der Waals surface area contributed by atoms with Crippen LogP contribution in [-0.4, -0.2) is 63.6 Å². The van der Waals surface area contributed by atoms with Gasteiger partial charge in [-0.2, -0.15) is 4.57 Å². The number of carbonyl (C=O) groups is 3. The molecular weight excluding hydrogens is 512 g/mol. The number of hydrogen-bond donors (Lipinski definition) is 2. The van der Waals surface area contributed by atoms with E-state index < -0.39 is 36.8 Å². The summed E-state index contributed by atoms with van der Waals surface area (Å²) in [4.78, 5) is 38.7. The quantitative estimate of drug-likeness (QED) is 0.339. The molecule has 2 fully saturated rings. The average Bonchev–Trinajstić information content (AvgIpc) is 3.78. The van der Waals surface area contributed by atoms with Gasteiger partial charge in [0.2, 0.25) is 5.75 Å². The molecule has 2 N–H and O–H groups in total. The summed E-state index contributed by atoms with van der Waals surface area (Å²) in [5, 5.41) is 14.5. The third-order valence-corrected chi connectivity index (χ3v) is 6.97. The molecule has 2 aliphatic rings. The SMILES string of the molecule is CCC(=O)OB(OC(=O)CC)OC(=O)c1c[n+](C2CC2)c2c(OC)c(N3CCCC(NC)C3)c(F)cc2c1O. The first-order valence-corrected chi connectivity index (χ1v) is 13.2. The number of anilines is 1. The minimum atomic E-state index is -1.94. The Morgan fingerprint density at radius 1 is 1.15 bits per heavy atom. The van der Waals surface area contributed by atoms with Crippen molar-refractivity contribution >= 4 is 41.8 Å². The van der Waals surface area contributed by atoms with Crippen molar-refractivity contribution in [3.8, 4) is 11.5 Å². The monoisotopic (exact) mass is 546 g/mol. The highest BCUT2D eigenvalue weighted by Crippen LogP contribution is 2.44. The summed E-state index contributed by atoms with van der Waals surface area (Å²) in [5.74, 6) is -3.51. The fraction of sp³-hybridized carbons (Fsp3) is 0.538. The number of benzene rings is 1. The van der Waals surface area contributed by atoms with Crippen molar-refractivity contribution in [3.63, 3.8) is 0 Å². The van der Waals surface area contributed by atoms with Crippen LogP contribution in [0.4, 0.5) is 10.1 Å². The first-order chi connectivity index (χ1) is 18.7. The van der Waals surface area contributed by atoms with Gasteiger partial charge in [0.15, 0.2) is 23.6 Å². The third-order valence-electron chi connectivity index (χ3n) is 6.97. The third kappa shape index (κ3) is 6.03. The van der Waals surface area contributed by atoms with Crippen LogP contribution in [0.1, 0.15) is 68.8 Å². The summed E-state index contributed by atoms with van der Waals surface area (Å²) in [5.41, 5.74) is 0.442. The van der Waals surface area contributed by atoms with Gasteiger partial charge in [-0.3, -0.25) is 9.59 Å². The second kappa shape index (κ2) is 12.1. The number of methoxy groups -OCH3 is 1. The van der Waals surface area contributed by atoms with Gasteiger partial charge in [-0.25, -0.2) is 9.18 Å². The lowest BCUT2D eigenvalue weighted by molar-refractivity contribution is -0.675. The Hall–Kier alpha value is -3.61. The molecule has 0 spiro atoms. The number of likely N-dealkylation sites (N-methyl/N-ethyl adjacent to an activating group) is 1. The molecule has 0 bridgehead atoms. The van der Waals surface area contributed by atoms with Crippen LogP contribution in [0.15, 0.2) is 12.3 Å². The molecule has 1 aliphatic heterocycles. The number of fused-ring (bicyclic) bond motifs is 1. The molecule has 0 amide bonds. The number of pyridine rings is 1. The van der Waals surface area contributed by atoms with Crippen molar-refractivity contribution in [1.29, 1.82) is 0 Å². The van der Waals surface area contributed by atoms with Crippen molar-refractivity contribution in [2.75, 3.05) is 32.1 Å². The van der Waals surface area contributed by atoms with E-state index in [-0.39, 0.29) is 41.6 Å². The molecule has 1 unspecified atom stereocenters. The second-order valence-corrected chi connectivity index (χ2v) is 9.62. The van der Waals surface area contributed by atoms with Crippen LogP contribution in [0.3, 0.4) is 0 Å². The summed E-state index contributed by atoms with van der Waals surface area (Å²) < 4.78 is 38.3. The lowest BCUT2D eigenvalue weighted by Gasteiger charge is -2.35. The van der Waals surface area contributed by atoms with Gasteiger partial charge >= 0.3 is 13.3 Å². The van der Waals surface area contributed by atoms with Crippen molar-refractivity contribution in [2.24, 2.45) is 0 Å².